The van der Waals surface area contributed by atoms with E-state index >= 15 is 0 Å². The van der Waals surface area contributed by atoms with Crippen molar-refractivity contribution < 1.29 is 23.9 Å². The van der Waals surface area contributed by atoms with Gasteiger partial charge >= 0.3 is 5.97 Å². The third kappa shape index (κ3) is 3.83. The predicted octanol–water partition coefficient (Wildman–Crippen LogP) is 3.51. The van der Waals surface area contributed by atoms with Gasteiger partial charge in [-0.2, -0.15) is 0 Å². The maximum absolute atomic E-state index is 12.3. The first-order valence-electron chi connectivity index (χ1n) is 8.08. The van der Waals surface area contributed by atoms with Gasteiger partial charge in [-0.05, 0) is 24.6 Å². The van der Waals surface area contributed by atoms with Gasteiger partial charge in [-0.15, -0.1) is 0 Å². The maximum Gasteiger partial charge on any atom is 0.337 e. The van der Waals surface area contributed by atoms with Crippen LogP contribution < -0.4 is 9.47 Å². The Kier molecular flexibility index (Phi) is 5.17. The first-order chi connectivity index (χ1) is 12.6. The van der Waals surface area contributed by atoms with E-state index in [1.807, 2.05) is 25.1 Å². The summed E-state index contributed by atoms with van der Waals surface area (Å²) in [6.07, 6.45) is 1.71. The van der Waals surface area contributed by atoms with Crippen LogP contribution in [0.5, 0.6) is 11.5 Å². The Labute approximate surface area is 150 Å². The molecule has 0 atom stereocenters. The molecule has 1 aliphatic heterocycles. The molecule has 2 aromatic rings. The lowest BCUT2D eigenvalue weighted by atomic mass is 10.1. The minimum Gasteiger partial charge on any atom is -0.490 e. The summed E-state index contributed by atoms with van der Waals surface area (Å²) in [6.45, 7) is 2.42. The maximum atomic E-state index is 12.3. The average Bonchev–Trinajstić information content (AvgIpc) is 2.66. The molecule has 1 aliphatic rings. The molecule has 134 valence electrons. The highest BCUT2D eigenvalue weighted by Crippen LogP contribution is 2.36. The fraction of sp³-hybridized carbons (Fsp3) is 0.211. The Hall–Kier alpha value is -3.35. The lowest BCUT2D eigenvalue weighted by Gasteiger charge is -2.19. The quantitative estimate of drug-likeness (QED) is 0.448. The number of carbonyl (C=O) groups excluding carboxylic acids is 1. The predicted molar refractivity (Wildman–Crippen MR) is 94.0 cm³/mol. The Morgan fingerprint density at radius 2 is 2.08 bits per heavy atom. The van der Waals surface area contributed by atoms with E-state index < -0.39 is 10.9 Å². The van der Waals surface area contributed by atoms with Gasteiger partial charge in [0.25, 0.3) is 5.69 Å². The summed E-state index contributed by atoms with van der Waals surface area (Å²) >= 11 is 0. The zero-order valence-corrected chi connectivity index (χ0v) is 14.1. The number of rotatable bonds is 6. The van der Waals surface area contributed by atoms with Crippen molar-refractivity contribution in [2.75, 3.05) is 13.2 Å². The van der Waals surface area contributed by atoms with Crippen LogP contribution in [0.25, 0.3) is 6.08 Å². The highest BCUT2D eigenvalue weighted by molar-refractivity contribution is 5.95. The molecule has 0 saturated heterocycles. The molecule has 0 bridgehead atoms. The number of esters is 1. The largest absolute Gasteiger partial charge is 0.490 e. The van der Waals surface area contributed by atoms with E-state index in [4.69, 9.17) is 14.2 Å². The molecule has 0 unspecified atom stereocenters. The lowest BCUT2D eigenvalue weighted by molar-refractivity contribution is -0.384. The van der Waals surface area contributed by atoms with Crippen molar-refractivity contribution in [2.45, 2.75) is 13.5 Å². The number of nitro benzene ring substituents is 1. The minimum absolute atomic E-state index is 0.0452. The molecule has 0 aromatic heterocycles. The van der Waals surface area contributed by atoms with E-state index in [1.54, 1.807) is 18.2 Å². The molecule has 2 aromatic carbocycles. The van der Waals surface area contributed by atoms with E-state index in [-0.39, 0.29) is 18.9 Å². The Morgan fingerprint density at radius 3 is 2.85 bits per heavy atom. The van der Waals surface area contributed by atoms with Crippen LogP contribution in [0.15, 0.2) is 48.0 Å². The molecule has 1 heterocycles. The van der Waals surface area contributed by atoms with Gasteiger partial charge in [-0.3, -0.25) is 10.1 Å². The van der Waals surface area contributed by atoms with E-state index in [0.29, 0.717) is 29.2 Å². The second-order valence-corrected chi connectivity index (χ2v) is 5.57. The molecule has 0 aliphatic carbocycles. The molecule has 7 nitrogen and oxygen atoms in total. The lowest BCUT2D eigenvalue weighted by Crippen LogP contribution is -2.17. The third-order valence-electron chi connectivity index (χ3n) is 3.76. The van der Waals surface area contributed by atoms with Gasteiger partial charge in [-0.1, -0.05) is 24.3 Å². The monoisotopic (exact) mass is 355 g/mol. The zero-order valence-electron chi connectivity index (χ0n) is 14.1. The molecule has 7 heteroatoms. The SMILES string of the molecule is CCOc1cccc2c1OCC(C(=O)OCc1cccc([N+](=O)[O-])c1)=C2. The van der Waals surface area contributed by atoms with Crippen molar-refractivity contribution in [1.29, 1.82) is 0 Å². The van der Waals surface area contributed by atoms with Gasteiger partial charge in [0.1, 0.15) is 13.2 Å². The molecule has 26 heavy (non-hydrogen) atoms. The second kappa shape index (κ2) is 7.69. The molecular weight excluding hydrogens is 338 g/mol. The molecule has 0 radical (unpaired) electrons. The number of hydrogen-bond acceptors (Lipinski definition) is 6. The fourth-order valence-electron chi connectivity index (χ4n) is 2.57. The normalized spacial score (nSPS) is 12.4. The summed E-state index contributed by atoms with van der Waals surface area (Å²) in [5, 5.41) is 10.8. The number of hydrogen-bond donors (Lipinski definition) is 0. The number of nitro groups is 1. The fourth-order valence-corrected chi connectivity index (χ4v) is 2.57. The van der Waals surface area contributed by atoms with Gasteiger partial charge in [0.2, 0.25) is 0 Å². The van der Waals surface area contributed by atoms with E-state index in [0.717, 1.165) is 5.56 Å². The van der Waals surface area contributed by atoms with Crippen LogP contribution in [-0.2, 0) is 16.1 Å². The number of fused-ring (bicyclic) bond motifs is 1. The first-order valence-corrected chi connectivity index (χ1v) is 8.08. The molecular formula is C19H17NO6. The Bertz CT molecular complexity index is 874. The zero-order chi connectivity index (χ0) is 18.5. The standard InChI is InChI=1S/C19H17NO6/c1-2-24-17-8-4-6-14-10-15(12-25-18(14)17)19(21)26-11-13-5-3-7-16(9-13)20(22)23/h3-10H,2,11-12H2,1H3. The highest BCUT2D eigenvalue weighted by atomic mass is 16.6. The molecule has 0 fully saturated rings. The number of ether oxygens (including phenoxy) is 3. The van der Waals surface area contributed by atoms with Crippen LogP contribution >= 0.6 is 0 Å². The van der Waals surface area contributed by atoms with Crippen LogP contribution in [-0.4, -0.2) is 24.1 Å². The summed E-state index contributed by atoms with van der Waals surface area (Å²) in [5.74, 6) is 0.707. The van der Waals surface area contributed by atoms with Crippen LogP contribution in [0.3, 0.4) is 0 Å². The van der Waals surface area contributed by atoms with Crippen LogP contribution in [0.1, 0.15) is 18.1 Å². The number of nitrogens with zero attached hydrogens (tertiary/aromatic N) is 1. The summed E-state index contributed by atoms with van der Waals surface area (Å²) < 4.78 is 16.4. The summed E-state index contributed by atoms with van der Waals surface area (Å²) in [4.78, 5) is 22.6. The summed E-state index contributed by atoms with van der Waals surface area (Å²) in [7, 11) is 0. The second-order valence-electron chi connectivity index (χ2n) is 5.57. The van der Waals surface area contributed by atoms with Crippen molar-refractivity contribution in [1.82, 2.24) is 0 Å². The smallest absolute Gasteiger partial charge is 0.337 e. The van der Waals surface area contributed by atoms with E-state index in [1.165, 1.54) is 12.1 Å². The molecule has 0 N–H and O–H groups in total. The van der Waals surface area contributed by atoms with E-state index in [2.05, 4.69) is 0 Å². The van der Waals surface area contributed by atoms with Gasteiger partial charge in [0.15, 0.2) is 11.5 Å². The summed E-state index contributed by atoms with van der Waals surface area (Å²) in [6, 6.07) is 11.4. The number of para-hydroxylation sites is 1. The molecule has 0 amide bonds. The van der Waals surface area contributed by atoms with Gasteiger partial charge in [0.05, 0.1) is 17.1 Å². The van der Waals surface area contributed by atoms with Crippen LogP contribution in [0.4, 0.5) is 5.69 Å². The Balaban J connectivity index is 1.70. The topological polar surface area (TPSA) is 87.9 Å². The van der Waals surface area contributed by atoms with Gasteiger partial charge in [0, 0.05) is 17.7 Å². The molecule has 0 saturated carbocycles. The summed E-state index contributed by atoms with van der Waals surface area (Å²) in [5.41, 5.74) is 1.61. The van der Waals surface area contributed by atoms with Crippen LogP contribution in [0, 0.1) is 10.1 Å². The first kappa shape index (κ1) is 17.5. The van der Waals surface area contributed by atoms with E-state index in [9.17, 15) is 14.9 Å². The molecule has 0 spiro atoms. The highest BCUT2D eigenvalue weighted by Gasteiger charge is 2.21. The number of non-ortho nitro benzene ring substituents is 1. The van der Waals surface area contributed by atoms with Crippen molar-refractivity contribution in [3.63, 3.8) is 0 Å². The van der Waals surface area contributed by atoms with Gasteiger partial charge < -0.3 is 14.2 Å². The van der Waals surface area contributed by atoms with Crippen molar-refractivity contribution in [2.24, 2.45) is 0 Å². The molecule has 3 rings (SSSR count). The van der Waals surface area contributed by atoms with Gasteiger partial charge in [-0.25, -0.2) is 4.79 Å². The van der Waals surface area contributed by atoms with Crippen molar-refractivity contribution >= 4 is 17.7 Å². The van der Waals surface area contributed by atoms with Crippen molar-refractivity contribution in [3.05, 3.63) is 69.3 Å². The number of carbonyl (C=O) groups is 1. The number of benzene rings is 2. The minimum atomic E-state index is -0.524. The van der Waals surface area contributed by atoms with Crippen LogP contribution in [0.2, 0.25) is 0 Å². The van der Waals surface area contributed by atoms with Crippen molar-refractivity contribution in [3.8, 4) is 11.5 Å². The Morgan fingerprint density at radius 1 is 1.27 bits per heavy atom. The average molecular weight is 355 g/mol. The third-order valence-corrected chi connectivity index (χ3v) is 3.76.